The molecule has 3 fully saturated rings. The molecular weight excluding hydrogens is 496 g/mol. The number of esters is 1. The van der Waals surface area contributed by atoms with Gasteiger partial charge in [-0.2, -0.15) is 0 Å². The van der Waals surface area contributed by atoms with Crippen LogP contribution in [0.15, 0.2) is 43.5 Å². The number of halogens is 1. The zero-order valence-corrected chi connectivity index (χ0v) is 22.2. The molecule has 2 unspecified atom stereocenters. The Morgan fingerprint density at radius 3 is 2.76 bits per heavy atom. The fourth-order valence-corrected chi connectivity index (χ4v) is 6.64. The van der Waals surface area contributed by atoms with E-state index in [-0.39, 0.29) is 31.6 Å². The number of fused-ring (bicyclic) bond motifs is 1. The summed E-state index contributed by atoms with van der Waals surface area (Å²) in [6.45, 7) is 11.2. The van der Waals surface area contributed by atoms with Crippen LogP contribution >= 0.6 is 11.6 Å². The Hall–Kier alpha value is -2.68. The van der Waals surface area contributed by atoms with Gasteiger partial charge in [0.05, 0.1) is 47.9 Å². The van der Waals surface area contributed by atoms with Gasteiger partial charge in [-0.25, -0.2) is 0 Å². The van der Waals surface area contributed by atoms with Gasteiger partial charge in [0.1, 0.15) is 11.6 Å². The summed E-state index contributed by atoms with van der Waals surface area (Å²) in [6.07, 6.45) is 4.66. The van der Waals surface area contributed by atoms with E-state index in [1.165, 1.54) is 9.80 Å². The average Bonchev–Trinajstić information content (AvgIpc) is 3.52. The van der Waals surface area contributed by atoms with E-state index < -0.39 is 41.6 Å². The van der Waals surface area contributed by atoms with E-state index in [0.717, 1.165) is 5.56 Å². The Bertz CT molecular complexity index is 1070. The van der Waals surface area contributed by atoms with E-state index in [0.29, 0.717) is 36.4 Å². The summed E-state index contributed by atoms with van der Waals surface area (Å²) in [7, 11) is 0. The van der Waals surface area contributed by atoms with Crippen LogP contribution in [0.5, 0.6) is 0 Å². The number of aliphatic hydroxyl groups is 1. The Labute approximate surface area is 222 Å². The van der Waals surface area contributed by atoms with Crippen LogP contribution in [0.4, 0.5) is 5.69 Å². The van der Waals surface area contributed by atoms with Crippen molar-refractivity contribution in [3.63, 3.8) is 0 Å². The standard InChI is InChI=1S/C28H35ClN2O6/c1-5-8-15-36-27(35)21-20-12-13-28(37-20)22(21)25(33)31(18(7-3)16-32)24(28)26(34)30(14-6-2)23-17(4)10-9-11-19(23)29/h5-6,9-11,18,20-22,24,32H,1-2,7-8,12-16H2,3-4H3/t18-,20+,21-,22-,24?,28?/m0/s1. The molecule has 3 aliphatic rings. The fraction of sp³-hybridized carbons (Fsp3) is 0.536. The van der Waals surface area contributed by atoms with Gasteiger partial charge in [0.15, 0.2) is 0 Å². The van der Waals surface area contributed by atoms with Crippen molar-refractivity contribution >= 4 is 35.1 Å². The number of para-hydroxylation sites is 1. The van der Waals surface area contributed by atoms with E-state index in [1.807, 2.05) is 19.9 Å². The monoisotopic (exact) mass is 530 g/mol. The zero-order chi connectivity index (χ0) is 26.9. The number of nitrogens with zero attached hydrogens (tertiary/aromatic N) is 2. The quantitative estimate of drug-likeness (QED) is 0.267. The molecule has 1 aromatic carbocycles. The molecule has 3 saturated heterocycles. The maximum absolute atomic E-state index is 14.5. The number of amides is 2. The van der Waals surface area contributed by atoms with Crippen molar-refractivity contribution in [2.24, 2.45) is 11.8 Å². The van der Waals surface area contributed by atoms with E-state index >= 15 is 0 Å². The number of ether oxygens (including phenoxy) is 2. The number of carbonyl (C=O) groups is 3. The molecule has 0 aromatic heterocycles. The minimum absolute atomic E-state index is 0.162. The predicted octanol–water partition coefficient (Wildman–Crippen LogP) is 3.43. The Kier molecular flexibility index (Phi) is 8.11. The summed E-state index contributed by atoms with van der Waals surface area (Å²) in [6, 6.07) is 3.73. The van der Waals surface area contributed by atoms with Gasteiger partial charge in [0.2, 0.25) is 5.91 Å². The van der Waals surface area contributed by atoms with Crippen molar-refractivity contribution in [1.29, 1.82) is 0 Å². The minimum Gasteiger partial charge on any atom is -0.465 e. The van der Waals surface area contributed by atoms with Crippen LogP contribution in [0.2, 0.25) is 5.02 Å². The van der Waals surface area contributed by atoms with Gasteiger partial charge in [-0.3, -0.25) is 14.4 Å². The van der Waals surface area contributed by atoms with Crippen LogP contribution in [0.25, 0.3) is 0 Å². The highest BCUT2D eigenvalue weighted by Crippen LogP contribution is 2.59. The molecule has 1 N–H and O–H groups in total. The molecule has 9 heteroatoms. The molecule has 2 bridgehead atoms. The van der Waals surface area contributed by atoms with Gasteiger partial charge in [0.25, 0.3) is 5.91 Å². The number of hydrogen-bond acceptors (Lipinski definition) is 6. The zero-order valence-electron chi connectivity index (χ0n) is 21.4. The molecule has 8 nitrogen and oxygen atoms in total. The molecule has 3 heterocycles. The minimum atomic E-state index is -1.20. The molecule has 0 saturated carbocycles. The lowest BCUT2D eigenvalue weighted by molar-refractivity contribution is -0.155. The highest BCUT2D eigenvalue weighted by molar-refractivity contribution is 6.34. The summed E-state index contributed by atoms with van der Waals surface area (Å²) < 4.78 is 11.9. The third-order valence-electron chi connectivity index (χ3n) is 7.92. The molecule has 200 valence electrons. The maximum atomic E-state index is 14.5. The molecule has 0 radical (unpaired) electrons. The first-order valence-corrected chi connectivity index (χ1v) is 13.2. The molecule has 3 aliphatic heterocycles. The highest BCUT2D eigenvalue weighted by Gasteiger charge is 2.75. The SMILES string of the molecule is C=CCCOC(=O)[C@@H]1[C@H]2C(=O)N([C@@H](CC)CO)C(C(=O)N(CC=C)c3c(C)cccc3Cl)C23CC[C@H]1O3. The first-order chi connectivity index (χ1) is 17.8. The Morgan fingerprint density at radius 2 is 2.14 bits per heavy atom. The van der Waals surface area contributed by atoms with Crippen molar-refractivity contribution < 1.29 is 29.0 Å². The second-order valence-electron chi connectivity index (χ2n) is 9.93. The number of benzene rings is 1. The lowest BCUT2D eigenvalue weighted by Crippen LogP contribution is -2.59. The summed E-state index contributed by atoms with van der Waals surface area (Å²) in [5.41, 5.74) is 0.131. The largest absolute Gasteiger partial charge is 0.465 e. The lowest BCUT2D eigenvalue weighted by atomic mass is 9.70. The molecule has 6 atom stereocenters. The van der Waals surface area contributed by atoms with Crippen LogP contribution in [0, 0.1) is 18.8 Å². The van der Waals surface area contributed by atoms with Crippen LogP contribution in [0.3, 0.4) is 0 Å². The number of hydrogen-bond donors (Lipinski definition) is 1. The lowest BCUT2D eigenvalue weighted by Gasteiger charge is -2.39. The van der Waals surface area contributed by atoms with Gasteiger partial charge in [0, 0.05) is 6.54 Å². The summed E-state index contributed by atoms with van der Waals surface area (Å²) >= 11 is 6.56. The molecule has 4 rings (SSSR count). The second-order valence-corrected chi connectivity index (χ2v) is 10.3. The number of aliphatic hydroxyl groups excluding tert-OH is 1. The van der Waals surface area contributed by atoms with Gasteiger partial charge in [-0.05, 0) is 44.2 Å². The Balaban J connectivity index is 1.80. The van der Waals surface area contributed by atoms with E-state index in [4.69, 9.17) is 21.1 Å². The van der Waals surface area contributed by atoms with E-state index in [2.05, 4.69) is 13.2 Å². The normalized spacial score (nSPS) is 28.6. The molecule has 1 aromatic rings. The molecule has 1 spiro atoms. The number of carbonyl (C=O) groups excluding carboxylic acids is 3. The number of aryl methyl sites for hydroxylation is 1. The number of likely N-dealkylation sites (tertiary alicyclic amines) is 1. The van der Waals surface area contributed by atoms with E-state index in [9.17, 15) is 19.5 Å². The van der Waals surface area contributed by atoms with E-state index in [1.54, 1.807) is 24.3 Å². The van der Waals surface area contributed by atoms with Crippen molar-refractivity contribution in [3.8, 4) is 0 Å². The van der Waals surface area contributed by atoms with Crippen LogP contribution in [0.1, 0.15) is 38.2 Å². The van der Waals surface area contributed by atoms with Crippen LogP contribution < -0.4 is 4.90 Å². The smallest absolute Gasteiger partial charge is 0.312 e. The van der Waals surface area contributed by atoms with Gasteiger partial charge >= 0.3 is 5.97 Å². The second kappa shape index (κ2) is 11.0. The van der Waals surface area contributed by atoms with Crippen LogP contribution in [-0.2, 0) is 23.9 Å². The fourth-order valence-electron chi connectivity index (χ4n) is 6.32. The van der Waals surface area contributed by atoms with Crippen molar-refractivity contribution in [3.05, 3.63) is 54.1 Å². The number of anilines is 1. The van der Waals surface area contributed by atoms with Gasteiger partial charge < -0.3 is 24.4 Å². The van der Waals surface area contributed by atoms with Crippen LogP contribution in [-0.4, -0.2) is 71.3 Å². The third-order valence-corrected chi connectivity index (χ3v) is 8.23. The summed E-state index contributed by atoms with van der Waals surface area (Å²) in [5.74, 6) is -2.91. The molecule has 37 heavy (non-hydrogen) atoms. The topological polar surface area (TPSA) is 96.4 Å². The average molecular weight is 531 g/mol. The maximum Gasteiger partial charge on any atom is 0.312 e. The van der Waals surface area contributed by atoms with Crippen molar-refractivity contribution in [2.45, 2.75) is 63.3 Å². The first-order valence-electron chi connectivity index (χ1n) is 12.8. The Morgan fingerprint density at radius 1 is 1.38 bits per heavy atom. The summed E-state index contributed by atoms with van der Waals surface area (Å²) in [4.78, 5) is 44.7. The molecular formula is C28H35ClN2O6. The van der Waals surface area contributed by atoms with Gasteiger partial charge in [-0.15, -0.1) is 13.2 Å². The molecule has 0 aliphatic carbocycles. The number of rotatable bonds is 11. The predicted molar refractivity (Wildman–Crippen MR) is 140 cm³/mol. The van der Waals surface area contributed by atoms with Crippen molar-refractivity contribution in [1.82, 2.24) is 4.90 Å². The van der Waals surface area contributed by atoms with Gasteiger partial charge in [-0.1, -0.05) is 42.8 Å². The highest BCUT2D eigenvalue weighted by atomic mass is 35.5. The first kappa shape index (κ1) is 27.4. The molecule has 2 amide bonds. The van der Waals surface area contributed by atoms with Crippen molar-refractivity contribution in [2.75, 3.05) is 24.7 Å². The third kappa shape index (κ3) is 4.39. The summed E-state index contributed by atoms with van der Waals surface area (Å²) in [5, 5.41) is 10.6.